The van der Waals surface area contributed by atoms with E-state index in [0.717, 1.165) is 13.0 Å². The van der Waals surface area contributed by atoms with Crippen molar-refractivity contribution in [2.45, 2.75) is 45.7 Å². The minimum Gasteiger partial charge on any atom is -0.409 e. The van der Waals surface area contributed by atoms with Crippen LogP contribution < -0.4 is 5.73 Å². The molecule has 82 valence electrons. The van der Waals surface area contributed by atoms with Crippen molar-refractivity contribution in [3.05, 3.63) is 0 Å². The molecule has 1 fully saturated rings. The second kappa shape index (κ2) is 4.64. The molecule has 0 spiro atoms. The monoisotopic (exact) mass is 199 g/mol. The van der Waals surface area contributed by atoms with Crippen LogP contribution in [0.4, 0.5) is 0 Å². The number of nitrogens with zero attached hydrogens (tertiary/aromatic N) is 2. The standard InChI is InChI=1S/C10H21N3O/c1-4-9(10(11)12-14)13-6-7(2)5-8(13)3/h7-9,14H,4-6H2,1-3H3,(H2,11,12). The summed E-state index contributed by atoms with van der Waals surface area (Å²) in [5.74, 6) is 1.05. The predicted octanol–water partition coefficient (Wildman–Crippen LogP) is 1.24. The highest BCUT2D eigenvalue weighted by Gasteiger charge is 2.32. The molecule has 0 radical (unpaired) electrons. The SMILES string of the molecule is CCC(C(N)=NO)N1CC(C)CC1C. The molecule has 1 heterocycles. The van der Waals surface area contributed by atoms with Crippen LogP contribution in [0.3, 0.4) is 0 Å². The van der Waals surface area contributed by atoms with E-state index in [1.165, 1.54) is 6.42 Å². The van der Waals surface area contributed by atoms with Gasteiger partial charge in [-0.25, -0.2) is 0 Å². The van der Waals surface area contributed by atoms with Crippen LogP contribution in [-0.4, -0.2) is 34.6 Å². The van der Waals surface area contributed by atoms with Crippen LogP contribution in [0.2, 0.25) is 0 Å². The third kappa shape index (κ3) is 2.18. The van der Waals surface area contributed by atoms with Crippen molar-refractivity contribution in [2.75, 3.05) is 6.54 Å². The van der Waals surface area contributed by atoms with Crippen molar-refractivity contribution < 1.29 is 5.21 Å². The van der Waals surface area contributed by atoms with Gasteiger partial charge in [-0.05, 0) is 25.7 Å². The van der Waals surface area contributed by atoms with Gasteiger partial charge in [-0.2, -0.15) is 0 Å². The zero-order valence-electron chi connectivity index (χ0n) is 9.27. The summed E-state index contributed by atoms with van der Waals surface area (Å²) in [6.07, 6.45) is 2.10. The predicted molar refractivity (Wildman–Crippen MR) is 57.4 cm³/mol. The molecule has 3 unspecified atom stereocenters. The van der Waals surface area contributed by atoms with Gasteiger partial charge in [0.1, 0.15) is 0 Å². The number of rotatable bonds is 3. The third-order valence-corrected chi connectivity index (χ3v) is 3.08. The second-order valence-corrected chi connectivity index (χ2v) is 4.34. The summed E-state index contributed by atoms with van der Waals surface area (Å²) in [6.45, 7) is 7.57. The molecule has 0 amide bonds. The first-order valence-corrected chi connectivity index (χ1v) is 5.33. The van der Waals surface area contributed by atoms with Crippen LogP contribution in [-0.2, 0) is 0 Å². The molecule has 1 rings (SSSR count). The lowest BCUT2D eigenvalue weighted by atomic mass is 10.1. The smallest absolute Gasteiger partial charge is 0.156 e. The first-order valence-electron chi connectivity index (χ1n) is 5.33. The fourth-order valence-electron chi connectivity index (χ4n) is 2.45. The molecule has 0 bridgehead atoms. The molecule has 0 saturated carbocycles. The van der Waals surface area contributed by atoms with E-state index in [4.69, 9.17) is 10.9 Å². The zero-order chi connectivity index (χ0) is 10.7. The lowest BCUT2D eigenvalue weighted by molar-refractivity contribution is 0.219. The summed E-state index contributed by atoms with van der Waals surface area (Å²) >= 11 is 0. The fraction of sp³-hybridized carbons (Fsp3) is 0.900. The number of hydrogen-bond acceptors (Lipinski definition) is 3. The normalized spacial score (nSPS) is 32.1. The van der Waals surface area contributed by atoms with E-state index < -0.39 is 0 Å². The summed E-state index contributed by atoms with van der Waals surface area (Å²) in [5.41, 5.74) is 5.67. The third-order valence-electron chi connectivity index (χ3n) is 3.08. The van der Waals surface area contributed by atoms with Crippen molar-refractivity contribution in [3.63, 3.8) is 0 Å². The summed E-state index contributed by atoms with van der Waals surface area (Å²) < 4.78 is 0. The minimum absolute atomic E-state index is 0.0972. The van der Waals surface area contributed by atoms with Gasteiger partial charge in [0.15, 0.2) is 5.84 Å². The molecule has 0 aliphatic carbocycles. The Balaban J connectivity index is 2.70. The maximum atomic E-state index is 8.69. The van der Waals surface area contributed by atoms with Gasteiger partial charge in [-0.15, -0.1) is 0 Å². The van der Waals surface area contributed by atoms with Gasteiger partial charge in [0.2, 0.25) is 0 Å². The van der Waals surface area contributed by atoms with E-state index in [0.29, 0.717) is 17.8 Å². The van der Waals surface area contributed by atoms with Crippen molar-refractivity contribution >= 4 is 5.84 Å². The van der Waals surface area contributed by atoms with E-state index in [1.807, 2.05) is 0 Å². The van der Waals surface area contributed by atoms with Gasteiger partial charge >= 0.3 is 0 Å². The van der Waals surface area contributed by atoms with E-state index in [-0.39, 0.29) is 6.04 Å². The molecule has 3 atom stereocenters. The Hall–Kier alpha value is -0.770. The number of amidine groups is 1. The fourth-order valence-corrected chi connectivity index (χ4v) is 2.45. The molecule has 4 nitrogen and oxygen atoms in total. The topological polar surface area (TPSA) is 61.9 Å². The molecule has 1 saturated heterocycles. The van der Waals surface area contributed by atoms with Gasteiger partial charge < -0.3 is 10.9 Å². The van der Waals surface area contributed by atoms with Gasteiger partial charge in [0, 0.05) is 12.6 Å². The Morgan fingerprint density at radius 1 is 1.64 bits per heavy atom. The maximum Gasteiger partial charge on any atom is 0.156 e. The molecule has 0 aromatic heterocycles. The van der Waals surface area contributed by atoms with Crippen molar-refractivity contribution in [1.82, 2.24) is 4.90 Å². The maximum absolute atomic E-state index is 8.69. The van der Waals surface area contributed by atoms with E-state index in [9.17, 15) is 0 Å². The largest absolute Gasteiger partial charge is 0.409 e. The number of nitrogens with two attached hydrogens (primary N) is 1. The van der Waals surface area contributed by atoms with Crippen molar-refractivity contribution in [3.8, 4) is 0 Å². The van der Waals surface area contributed by atoms with Crippen LogP contribution in [0.5, 0.6) is 0 Å². The highest BCUT2D eigenvalue weighted by Crippen LogP contribution is 2.25. The van der Waals surface area contributed by atoms with Crippen LogP contribution in [0.15, 0.2) is 5.16 Å². The molecule has 3 N–H and O–H groups in total. The van der Waals surface area contributed by atoms with E-state index in [1.54, 1.807) is 0 Å². The highest BCUT2D eigenvalue weighted by molar-refractivity contribution is 5.85. The van der Waals surface area contributed by atoms with Crippen LogP contribution in [0.1, 0.15) is 33.6 Å². The molecule has 0 aromatic carbocycles. The minimum atomic E-state index is 0.0972. The Labute approximate surface area is 85.8 Å². The summed E-state index contributed by atoms with van der Waals surface area (Å²) in [5, 5.41) is 11.8. The van der Waals surface area contributed by atoms with Gasteiger partial charge in [-0.3, -0.25) is 4.90 Å². The molecule has 1 aliphatic rings. The molecule has 0 aromatic rings. The second-order valence-electron chi connectivity index (χ2n) is 4.34. The average molecular weight is 199 g/mol. The lowest BCUT2D eigenvalue weighted by Crippen LogP contribution is -2.46. The molecule has 14 heavy (non-hydrogen) atoms. The van der Waals surface area contributed by atoms with Crippen molar-refractivity contribution in [1.29, 1.82) is 0 Å². The quantitative estimate of drug-likeness (QED) is 0.311. The first kappa shape index (κ1) is 11.3. The first-order chi connectivity index (χ1) is 6.60. The highest BCUT2D eigenvalue weighted by atomic mass is 16.4. The van der Waals surface area contributed by atoms with Gasteiger partial charge in [0.05, 0.1) is 6.04 Å². The zero-order valence-corrected chi connectivity index (χ0v) is 9.27. The van der Waals surface area contributed by atoms with E-state index in [2.05, 4.69) is 30.8 Å². The summed E-state index contributed by atoms with van der Waals surface area (Å²) in [4.78, 5) is 2.33. The number of hydrogen-bond donors (Lipinski definition) is 2. The number of likely N-dealkylation sites (tertiary alicyclic amines) is 1. The van der Waals surface area contributed by atoms with Crippen LogP contribution >= 0.6 is 0 Å². The Morgan fingerprint density at radius 3 is 2.64 bits per heavy atom. The van der Waals surface area contributed by atoms with E-state index >= 15 is 0 Å². The molecular formula is C10H21N3O. The Kier molecular flexibility index (Phi) is 3.75. The molecular weight excluding hydrogens is 178 g/mol. The molecule has 1 aliphatic heterocycles. The van der Waals surface area contributed by atoms with Gasteiger partial charge in [-0.1, -0.05) is 19.0 Å². The Bertz CT molecular complexity index is 217. The number of oxime groups is 1. The molecule has 4 heteroatoms. The van der Waals surface area contributed by atoms with Crippen LogP contribution in [0.25, 0.3) is 0 Å². The van der Waals surface area contributed by atoms with Gasteiger partial charge in [0.25, 0.3) is 0 Å². The summed E-state index contributed by atoms with van der Waals surface area (Å²) in [6, 6.07) is 0.634. The lowest BCUT2D eigenvalue weighted by Gasteiger charge is -2.29. The Morgan fingerprint density at radius 2 is 2.29 bits per heavy atom. The van der Waals surface area contributed by atoms with Crippen LogP contribution in [0, 0.1) is 5.92 Å². The van der Waals surface area contributed by atoms with Crippen molar-refractivity contribution in [2.24, 2.45) is 16.8 Å². The summed E-state index contributed by atoms with van der Waals surface area (Å²) in [7, 11) is 0. The average Bonchev–Trinajstić information content (AvgIpc) is 2.47.